The van der Waals surface area contributed by atoms with Crippen LogP contribution in [0.25, 0.3) is 22.0 Å². The SMILES string of the molecule is CCN1CCN(C(=O)c2cc3cc4cc(OC)ccc4nc3o2)CC1. The number of benzene rings is 1. The average Bonchev–Trinajstić information content (AvgIpc) is 3.07. The molecule has 0 unspecified atom stereocenters. The van der Waals surface area contributed by atoms with Crippen molar-refractivity contribution >= 4 is 27.9 Å². The number of ether oxygens (including phenoxy) is 1. The molecule has 1 aliphatic heterocycles. The first-order valence-corrected chi connectivity index (χ1v) is 8.58. The van der Waals surface area contributed by atoms with Gasteiger partial charge in [-0.3, -0.25) is 4.79 Å². The highest BCUT2D eigenvalue weighted by Gasteiger charge is 2.24. The van der Waals surface area contributed by atoms with Crippen LogP contribution in [0.3, 0.4) is 0 Å². The van der Waals surface area contributed by atoms with Gasteiger partial charge in [0.25, 0.3) is 5.91 Å². The van der Waals surface area contributed by atoms with Crippen LogP contribution in [0.5, 0.6) is 5.75 Å². The predicted octanol–water partition coefficient (Wildman–Crippen LogP) is 2.77. The lowest BCUT2D eigenvalue weighted by Crippen LogP contribution is -2.48. The fourth-order valence-corrected chi connectivity index (χ4v) is 3.27. The Morgan fingerprint density at radius 2 is 1.96 bits per heavy atom. The molecule has 25 heavy (non-hydrogen) atoms. The number of amides is 1. The number of methoxy groups -OCH3 is 1. The third-order valence-corrected chi connectivity index (χ3v) is 4.83. The van der Waals surface area contributed by atoms with E-state index in [9.17, 15) is 4.79 Å². The second-order valence-corrected chi connectivity index (χ2v) is 6.28. The zero-order valence-corrected chi connectivity index (χ0v) is 14.5. The first-order chi connectivity index (χ1) is 12.2. The van der Waals surface area contributed by atoms with Crippen molar-refractivity contribution in [3.63, 3.8) is 0 Å². The van der Waals surface area contributed by atoms with E-state index in [0.717, 1.165) is 54.8 Å². The zero-order chi connectivity index (χ0) is 17.4. The van der Waals surface area contributed by atoms with Gasteiger partial charge in [-0.1, -0.05) is 6.92 Å². The third-order valence-electron chi connectivity index (χ3n) is 4.83. The van der Waals surface area contributed by atoms with Crippen molar-refractivity contribution in [2.45, 2.75) is 6.92 Å². The lowest BCUT2D eigenvalue weighted by Gasteiger charge is -2.33. The van der Waals surface area contributed by atoms with E-state index in [0.29, 0.717) is 11.5 Å². The molecule has 1 fully saturated rings. The minimum absolute atomic E-state index is 0.0598. The lowest BCUT2D eigenvalue weighted by atomic mass is 10.2. The molecule has 1 amide bonds. The first kappa shape index (κ1) is 15.9. The number of furan rings is 1. The van der Waals surface area contributed by atoms with Crippen LogP contribution in [0.4, 0.5) is 0 Å². The molecule has 3 heterocycles. The van der Waals surface area contributed by atoms with Crippen molar-refractivity contribution in [3.8, 4) is 5.75 Å². The Hall–Kier alpha value is -2.60. The van der Waals surface area contributed by atoms with Crippen LogP contribution in [0.15, 0.2) is 34.7 Å². The molecule has 1 aromatic carbocycles. The Bertz CT molecular complexity index is 926. The number of hydrogen-bond donors (Lipinski definition) is 0. The van der Waals surface area contributed by atoms with E-state index in [2.05, 4.69) is 16.8 Å². The monoisotopic (exact) mass is 339 g/mol. The molecule has 0 N–H and O–H groups in total. The summed E-state index contributed by atoms with van der Waals surface area (Å²) in [5.74, 6) is 1.08. The molecule has 0 atom stereocenters. The van der Waals surface area contributed by atoms with Crippen molar-refractivity contribution in [2.75, 3.05) is 39.8 Å². The van der Waals surface area contributed by atoms with E-state index in [1.807, 2.05) is 29.2 Å². The summed E-state index contributed by atoms with van der Waals surface area (Å²) in [6.45, 7) is 6.44. The van der Waals surface area contributed by atoms with Crippen LogP contribution in [0, 0.1) is 0 Å². The van der Waals surface area contributed by atoms with Gasteiger partial charge in [-0.25, -0.2) is 4.98 Å². The summed E-state index contributed by atoms with van der Waals surface area (Å²) in [7, 11) is 1.64. The summed E-state index contributed by atoms with van der Waals surface area (Å²) in [6.07, 6.45) is 0. The maximum atomic E-state index is 12.7. The molecule has 4 rings (SSSR count). The van der Waals surface area contributed by atoms with Gasteiger partial charge in [-0.05, 0) is 36.9 Å². The van der Waals surface area contributed by atoms with Gasteiger partial charge in [0.1, 0.15) is 5.75 Å². The van der Waals surface area contributed by atoms with Gasteiger partial charge < -0.3 is 19.0 Å². The predicted molar refractivity (Wildman–Crippen MR) is 96.1 cm³/mol. The molecule has 1 saturated heterocycles. The Balaban J connectivity index is 1.64. The number of aromatic nitrogens is 1. The highest BCUT2D eigenvalue weighted by atomic mass is 16.5. The number of nitrogens with zero attached hydrogens (tertiary/aromatic N) is 3. The molecule has 0 radical (unpaired) electrons. The maximum absolute atomic E-state index is 12.7. The van der Waals surface area contributed by atoms with E-state index < -0.39 is 0 Å². The van der Waals surface area contributed by atoms with Gasteiger partial charge in [-0.2, -0.15) is 0 Å². The summed E-state index contributed by atoms with van der Waals surface area (Å²) in [6, 6.07) is 9.45. The van der Waals surface area contributed by atoms with E-state index in [-0.39, 0.29) is 5.91 Å². The number of rotatable bonds is 3. The quantitative estimate of drug-likeness (QED) is 0.734. The van der Waals surface area contributed by atoms with Crippen LogP contribution < -0.4 is 4.74 Å². The van der Waals surface area contributed by atoms with E-state index in [4.69, 9.17) is 9.15 Å². The smallest absolute Gasteiger partial charge is 0.289 e. The average molecular weight is 339 g/mol. The Labute approximate surface area is 146 Å². The standard InChI is InChI=1S/C19H21N3O3/c1-3-21-6-8-22(9-7-21)19(23)17-12-14-10-13-11-15(24-2)4-5-16(13)20-18(14)25-17/h4-5,10-12H,3,6-9H2,1-2H3. The molecule has 130 valence electrons. The topological polar surface area (TPSA) is 58.8 Å². The largest absolute Gasteiger partial charge is 0.497 e. The first-order valence-electron chi connectivity index (χ1n) is 8.58. The number of fused-ring (bicyclic) bond motifs is 2. The fraction of sp³-hybridized carbons (Fsp3) is 0.368. The second kappa shape index (κ2) is 6.37. The van der Waals surface area contributed by atoms with Crippen molar-refractivity contribution in [2.24, 2.45) is 0 Å². The Morgan fingerprint density at radius 1 is 1.16 bits per heavy atom. The van der Waals surface area contributed by atoms with Crippen molar-refractivity contribution in [1.82, 2.24) is 14.8 Å². The van der Waals surface area contributed by atoms with Crippen LogP contribution in [-0.2, 0) is 0 Å². The highest BCUT2D eigenvalue weighted by Crippen LogP contribution is 2.26. The van der Waals surface area contributed by atoms with E-state index >= 15 is 0 Å². The number of carbonyl (C=O) groups is 1. The van der Waals surface area contributed by atoms with Gasteiger partial charge in [0, 0.05) is 37.0 Å². The molecule has 3 aromatic rings. The summed E-state index contributed by atoms with van der Waals surface area (Å²) in [5, 5.41) is 1.79. The molecule has 0 spiro atoms. The molecule has 0 aliphatic carbocycles. The van der Waals surface area contributed by atoms with Crippen LogP contribution in [-0.4, -0.2) is 60.5 Å². The molecule has 2 aromatic heterocycles. The van der Waals surface area contributed by atoms with Crippen molar-refractivity contribution < 1.29 is 13.9 Å². The number of carbonyl (C=O) groups excluding carboxylic acids is 1. The van der Waals surface area contributed by atoms with Gasteiger partial charge in [-0.15, -0.1) is 0 Å². The molecule has 0 bridgehead atoms. The fourth-order valence-electron chi connectivity index (χ4n) is 3.27. The summed E-state index contributed by atoms with van der Waals surface area (Å²) < 4.78 is 11.0. The minimum atomic E-state index is -0.0598. The summed E-state index contributed by atoms with van der Waals surface area (Å²) in [4.78, 5) is 21.4. The Morgan fingerprint density at radius 3 is 2.68 bits per heavy atom. The van der Waals surface area contributed by atoms with Crippen molar-refractivity contribution in [3.05, 3.63) is 36.1 Å². The maximum Gasteiger partial charge on any atom is 0.289 e. The molecule has 6 nitrogen and oxygen atoms in total. The summed E-state index contributed by atoms with van der Waals surface area (Å²) in [5.41, 5.74) is 1.31. The number of likely N-dealkylation sites (N-methyl/N-ethyl adjacent to an activating group) is 1. The van der Waals surface area contributed by atoms with Gasteiger partial charge in [0.15, 0.2) is 5.76 Å². The van der Waals surface area contributed by atoms with Gasteiger partial charge in [0.05, 0.1) is 12.6 Å². The minimum Gasteiger partial charge on any atom is -0.497 e. The zero-order valence-electron chi connectivity index (χ0n) is 14.5. The van der Waals surface area contributed by atoms with Crippen LogP contribution in [0.2, 0.25) is 0 Å². The van der Waals surface area contributed by atoms with E-state index in [1.165, 1.54) is 0 Å². The molecular formula is C19H21N3O3. The third kappa shape index (κ3) is 2.93. The highest BCUT2D eigenvalue weighted by molar-refractivity contribution is 5.98. The molecule has 6 heteroatoms. The van der Waals surface area contributed by atoms with E-state index in [1.54, 1.807) is 13.2 Å². The molecule has 1 aliphatic rings. The van der Waals surface area contributed by atoms with Crippen LogP contribution in [0.1, 0.15) is 17.5 Å². The van der Waals surface area contributed by atoms with Crippen LogP contribution >= 0.6 is 0 Å². The molecular weight excluding hydrogens is 318 g/mol. The van der Waals surface area contributed by atoms with Gasteiger partial charge in [0.2, 0.25) is 5.71 Å². The lowest BCUT2D eigenvalue weighted by molar-refractivity contribution is 0.0614. The normalized spacial score (nSPS) is 15.8. The van der Waals surface area contributed by atoms with Crippen molar-refractivity contribution in [1.29, 1.82) is 0 Å². The second-order valence-electron chi connectivity index (χ2n) is 6.28. The summed E-state index contributed by atoms with van der Waals surface area (Å²) >= 11 is 0. The van der Waals surface area contributed by atoms with Gasteiger partial charge >= 0.3 is 0 Å². The number of hydrogen-bond acceptors (Lipinski definition) is 5. The Kier molecular flexibility index (Phi) is 4.05. The number of pyridine rings is 1. The number of piperazine rings is 1. The molecule has 0 saturated carbocycles.